The van der Waals surface area contributed by atoms with Gasteiger partial charge in [0.2, 0.25) is 0 Å². The van der Waals surface area contributed by atoms with Crippen molar-refractivity contribution in [1.82, 2.24) is 19.8 Å². The molecule has 1 N–H and O–H groups in total. The predicted molar refractivity (Wildman–Crippen MR) is 131 cm³/mol. The maximum Gasteiger partial charge on any atom is 0.415 e. The van der Waals surface area contributed by atoms with Crippen molar-refractivity contribution in [3.05, 3.63) is 77.8 Å². The van der Waals surface area contributed by atoms with E-state index in [1.807, 2.05) is 41.9 Å². The van der Waals surface area contributed by atoms with Crippen LogP contribution in [0.25, 0.3) is 11.3 Å². The Morgan fingerprint density at radius 1 is 1.14 bits per heavy atom. The fourth-order valence-electron chi connectivity index (χ4n) is 4.67. The highest BCUT2D eigenvalue weighted by molar-refractivity contribution is 5.95. The zero-order valence-corrected chi connectivity index (χ0v) is 20.8. The number of alkyl carbamates (subject to hydrolysis) is 1. The van der Waals surface area contributed by atoms with Crippen molar-refractivity contribution in [1.29, 1.82) is 0 Å². The van der Waals surface area contributed by atoms with Gasteiger partial charge in [-0.15, -0.1) is 0 Å². The molecule has 0 bridgehead atoms. The second-order valence-electron chi connectivity index (χ2n) is 10.2. The molecule has 190 valence electrons. The number of hydrogen-bond acceptors (Lipinski definition) is 5. The molecule has 1 aromatic heterocycles. The molecule has 2 aromatic carbocycles. The van der Waals surface area contributed by atoms with Gasteiger partial charge in [0, 0.05) is 24.8 Å². The molecule has 2 unspecified atom stereocenters. The molecule has 0 saturated carbocycles. The number of amides is 1. The summed E-state index contributed by atoms with van der Waals surface area (Å²) in [5.74, 6) is -0.996. The van der Waals surface area contributed by atoms with Crippen molar-refractivity contribution in [2.75, 3.05) is 13.6 Å². The molecular weight excluding hydrogens is 466 g/mol. The minimum atomic E-state index is -0.736. The Bertz CT molecular complexity index is 1250. The Morgan fingerprint density at radius 2 is 1.86 bits per heavy atom. The Hall–Kier alpha value is -3.59. The summed E-state index contributed by atoms with van der Waals surface area (Å²) in [5.41, 5.74) is 1.15. The number of halogens is 2. The summed E-state index contributed by atoms with van der Waals surface area (Å²) in [6.45, 7) is 7.17. The quantitative estimate of drug-likeness (QED) is 0.354. The number of carbonyl (C=O) groups excluding carboxylic acids is 2. The molecule has 9 heteroatoms. The summed E-state index contributed by atoms with van der Waals surface area (Å²) in [5, 5.41) is 2.52. The molecule has 0 radical (unpaired) electrons. The van der Waals surface area contributed by atoms with E-state index < -0.39 is 29.7 Å². The average molecular weight is 497 g/mol. The average Bonchev–Trinajstić information content (AvgIpc) is 3.35. The van der Waals surface area contributed by atoms with Gasteiger partial charge in [0.25, 0.3) is 0 Å². The lowest BCUT2D eigenvalue weighted by atomic mass is 9.85. The Balaban J connectivity index is 1.72. The van der Waals surface area contributed by atoms with Crippen LogP contribution in [0.3, 0.4) is 0 Å². The topological polar surface area (TPSA) is 76.5 Å². The zero-order chi connectivity index (χ0) is 26.0. The third-order valence-corrected chi connectivity index (χ3v) is 6.25. The van der Waals surface area contributed by atoms with Gasteiger partial charge in [-0.05, 0) is 42.6 Å². The first-order valence-electron chi connectivity index (χ1n) is 11.8. The van der Waals surface area contributed by atoms with Gasteiger partial charge in [-0.1, -0.05) is 51.1 Å². The van der Waals surface area contributed by atoms with Gasteiger partial charge >= 0.3 is 12.1 Å². The van der Waals surface area contributed by atoms with Crippen molar-refractivity contribution in [3.63, 3.8) is 0 Å². The molecule has 7 nitrogen and oxygen atoms in total. The number of benzene rings is 2. The highest BCUT2D eigenvalue weighted by atomic mass is 19.1. The normalized spacial score (nSPS) is 16.8. The first-order chi connectivity index (χ1) is 17.0. The summed E-state index contributed by atoms with van der Waals surface area (Å²) in [4.78, 5) is 30.2. The van der Waals surface area contributed by atoms with Crippen molar-refractivity contribution in [2.24, 2.45) is 5.41 Å². The van der Waals surface area contributed by atoms with Gasteiger partial charge in [0.05, 0.1) is 11.7 Å². The number of imidazole rings is 1. The summed E-state index contributed by atoms with van der Waals surface area (Å²) in [6.07, 6.45) is 1.37. The number of esters is 1. The molecule has 2 heterocycles. The number of ether oxygens (including phenoxy) is 1. The van der Waals surface area contributed by atoms with E-state index in [0.717, 1.165) is 23.8 Å². The smallest absolute Gasteiger partial charge is 0.375 e. The van der Waals surface area contributed by atoms with Crippen molar-refractivity contribution in [2.45, 2.75) is 45.8 Å². The molecule has 1 aliphatic rings. The number of rotatable bonds is 8. The maximum atomic E-state index is 14.7. The zero-order valence-electron chi connectivity index (χ0n) is 20.8. The molecule has 0 aliphatic carbocycles. The number of aromatic nitrogens is 2. The van der Waals surface area contributed by atoms with Gasteiger partial charge in [-0.3, -0.25) is 4.90 Å². The van der Waals surface area contributed by atoms with E-state index in [9.17, 15) is 18.4 Å². The van der Waals surface area contributed by atoms with Gasteiger partial charge in [0.15, 0.2) is 0 Å². The van der Waals surface area contributed by atoms with Crippen LogP contribution >= 0.6 is 0 Å². The lowest BCUT2D eigenvalue weighted by Gasteiger charge is -2.38. The van der Waals surface area contributed by atoms with E-state index in [1.165, 1.54) is 0 Å². The van der Waals surface area contributed by atoms with E-state index in [4.69, 9.17) is 4.98 Å². The van der Waals surface area contributed by atoms with Crippen molar-refractivity contribution >= 4 is 12.1 Å². The molecular formula is C27H30F2N4O3. The molecule has 2 atom stereocenters. The summed E-state index contributed by atoms with van der Waals surface area (Å²) < 4.78 is 35.2. The second kappa shape index (κ2) is 10.2. The molecule has 4 rings (SSSR count). The standard InChI is InChI=1S/C27H30F2N4O3/c1-27(2,3)23(32(4)13-12-21-25(34)36-26(35)31-21)24-30-22(19-14-18(28)10-11-20(19)29)16-33(24)15-17-8-6-5-7-9-17/h5-11,14,16,21,23H,12-13,15H2,1-4H3,(H,31,35). The first-order valence-corrected chi connectivity index (χ1v) is 11.8. The van der Waals surface area contributed by atoms with Crippen LogP contribution in [-0.2, 0) is 16.1 Å². The summed E-state index contributed by atoms with van der Waals surface area (Å²) in [6, 6.07) is 12.2. The van der Waals surface area contributed by atoms with E-state index in [2.05, 4.69) is 35.7 Å². The Morgan fingerprint density at radius 3 is 2.50 bits per heavy atom. The lowest BCUT2D eigenvalue weighted by Crippen LogP contribution is -2.39. The Labute approximate surface area is 209 Å². The molecule has 1 fully saturated rings. The summed E-state index contributed by atoms with van der Waals surface area (Å²) in [7, 11) is 1.92. The number of carbonyl (C=O) groups is 2. The molecule has 1 saturated heterocycles. The first kappa shape index (κ1) is 25.5. The number of cyclic esters (lactones) is 2. The largest absolute Gasteiger partial charge is 0.415 e. The maximum absolute atomic E-state index is 14.7. The van der Waals surface area contributed by atoms with Crippen LogP contribution in [0.4, 0.5) is 13.6 Å². The van der Waals surface area contributed by atoms with E-state index in [1.54, 1.807) is 6.20 Å². The molecule has 1 amide bonds. The third kappa shape index (κ3) is 5.62. The monoisotopic (exact) mass is 496 g/mol. The third-order valence-electron chi connectivity index (χ3n) is 6.25. The van der Waals surface area contributed by atoms with Gasteiger partial charge in [-0.2, -0.15) is 0 Å². The molecule has 0 spiro atoms. The minimum absolute atomic E-state index is 0.0924. The highest BCUT2D eigenvalue weighted by Gasteiger charge is 2.37. The minimum Gasteiger partial charge on any atom is -0.375 e. The van der Waals surface area contributed by atoms with Crippen LogP contribution < -0.4 is 5.32 Å². The van der Waals surface area contributed by atoms with E-state index >= 15 is 0 Å². The number of nitrogens with zero attached hydrogens (tertiary/aromatic N) is 3. The predicted octanol–water partition coefficient (Wildman–Crippen LogP) is 4.92. The van der Waals surface area contributed by atoms with Crippen LogP contribution in [0.15, 0.2) is 54.7 Å². The fourth-order valence-corrected chi connectivity index (χ4v) is 4.67. The number of nitrogens with one attached hydrogen (secondary N) is 1. The van der Waals surface area contributed by atoms with Gasteiger partial charge < -0.3 is 14.6 Å². The summed E-state index contributed by atoms with van der Waals surface area (Å²) >= 11 is 0. The van der Waals surface area contributed by atoms with Crippen LogP contribution in [0, 0.1) is 17.0 Å². The van der Waals surface area contributed by atoms with Crippen LogP contribution in [0.1, 0.15) is 44.6 Å². The van der Waals surface area contributed by atoms with Gasteiger partial charge in [-0.25, -0.2) is 23.4 Å². The van der Waals surface area contributed by atoms with Crippen LogP contribution in [0.2, 0.25) is 0 Å². The van der Waals surface area contributed by atoms with Crippen LogP contribution in [0.5, 0.6) is 0 Å². The second-order valence-corrected chi connectivity index (χ2v) is 10.2. The van der Waals surface area contributed by atoms with Crippen LogP contribution in [-0.4, -0.2) is 46.1 Å². The van der Waals surface area contributed by atoms with Crippen molar-refractivity contribution in [3.8, 4) is 11.3 Å². The van der Waals surface area contributed by atoms with Gasteiger partial charge in [0.1, 0.15) is 23.5 Å². The SMILES string of the molecule is CN(CCC1NC(=O)OC1=O)C(c1nc(-c2cc(F)ccc2F)cn1Cc1ccccc1)C(C)(C)C. The lowest BCUT2D eigenvalue weighted by molar-refractivity contribution is -0.135. The molecule has 36 heavy (non-hydrogen) atoms. The van der Waals surface area contributed by atoms with Crippen molar-refractivity contribution < 1.29 is 23.1 Å². The number of hydrogen-bond donors (Lipinski definition) is 1. The highest BCUT2D eigenvalue weighted by Crippen LogP contribution is 2.38. The molecule has 1 aliphatic heterocycles. The van der Waals surface area contributed by atoms with E-state index in [-0.39, 0.29) is 17.0 Å². The fraction of sp³-hybridized carbons (Fsp3) is 0.370. The molecule has 3 aromatic rings. The van der Waals surface area contributed by atoms with E-state index in [0.29, 0.717) is 31.0 Å². The Kier molecular flexibility index (Phi) is 7.21.